The first-order valence-electron chi connectivity index (χ1n) is 4.60. The lowest BCUT2D eigenvalue weighted by molar-refractivity contribution is -0.132. The Morgan fingerprint density at radius 2 is 0.947 bits per heavy atom. The molecule has 0 atom stereocenters. The minimum absolute atomic E-state index is 0.833. The standard InChI is InChI=1S/3C3H4O2.C3H7O/c3*1-2-3(4)5;1-3-4-2/h3*2H,1H2,(H,4,5);3H,1-2H3. The second-order valence-corrected chi connectivity index (χ2v) is 2.10. The van der Waals surface area contributed by atoms with Gasteiger partial charge in [-0.1, -0.05) is 19.7 Å². The second kappa shape index (κ2) is 24.7. The van der Waals surface area contributed by atoms with E-state index in [1.165, 1.54) is 0 Å². The van der Waals surface area contributed by atoms with Gasteiger partial charge in [-0.15, -0.1) is 0 Å². The summed E-state index contributed by atoms with van der Waals surface area (Å²) in [7, 11) is 1.62. The maximum atomic E-state index is 9.25. The molecule has 0 aliphatic heterocycles. The summed E-state index contributed by atoms with van der Waals surface area (Å²) in [5, 5.41) is 22.8. The predicted molar refractivity (Wildman–Crippen MR) is 70.5 cm³/mol. The van der Waals surface area contributed by atoms with Crippen LogP contribution >= 0.6 is 0 Å². The highest BCUT2D eigenvalue weighted by Gasteiger charge is 1.74. The lowest BCUT2D eigenvalue weighted by Gasteiger charge is -1.75. The smallest absolute Gasteiger partial charge is 0.327 e. The van der Waals surface area contributed by atoms with Gasteiger partial charge >= 0.3 is 17.9 Å². The van der Waals surface area contributed by atoms with Crippen molar-refractivity contribution >= 4 is 17.9 Å². The quantitative estimate of drug-likeness (QED) is 0.666. The number of methoxy groups -OCH3 is 1. The number of carbonyl (C=O) groups is 3. The molecule has 0 rings (SSSR count). The fourth-order valence-electron chi connectivity index (χ4n) is 0. The van der Waals surface area contributed by atoms with Crippen molar-refractivity contribution in [3.63, 3.8) is 0 Å². The molecule has 0 heterocycles. The van der Waals surface area contributed by atoms with Gasteiger partial charge in [0.05, 0.1) is 6.61 Å². The van der Waals surface area contributed by atoms with Crippen molar-refractivity contribution < 1.29 is 34.4 Å². The van der Waals surface area contributed by atoms with Crippen LogP contribution in [0.1, 0.15) is 6.92 Å². The van der Waals surface area contributed by atoms with Crippen molar-refractivity contribution in [1.82, 2.24) is 0 Å². The van der Waals surface area contributed by atoms with E-state index in [9.17, 15) is 14.4 Å². The largest absolute Gasteiger partial charge is 0.478 e. The van der Waals surface area contributed by atoms with Crippen LogP contribution in [0.15, 0.2) is 38.0 Å². The molecule has 0 aromatic heterocycles. The van der Waals surface area contributed by atoms with Crippen LogP contribution in [-0.2, 0) is 19.1 Å². The van der Waals surface area contributed by atoms with Gasteiger partial charge in [0, 0.05) is 25.3 Å². The maximum absolute atomic E-state index is 9.25. The molecular weight excluding hydrogens is 256 g/mol. The molecule has 109 valence electrons. The summed E-state index contributed by atoms with van der Waals surface area (Å²) in [5.74, 6) is -2.94. The van der Waals surface area contributed by atoms with E-state index in [2.05, 4.69) is 24.5 Å². The molecule has 0 aliphatic rings. The number of rotatable bonds is 4. The number of carboxylic acids is 3. The molecule has 0 aliphatic carbocycles. The van der Waals surface area contributed by atoms with Crippen molar-refractivity contribution in [3.8, 4) is 0 Å². The average molecular weight is 275 g/mol. The monoisotopic (exact) mass is 275 g/mol. The van der Waals surface area contributed by atoms with E-state index in [1.54, 1.807) is 13.7 Å². The highest BCUT2D eigenvalue weighted by atomic mass is 16.5. The first-order chi connectivity index (χ1) is 8.72. The second-order valence-electron chi connectivity index (χ2n) is 2.10. The summed E-state index contributed by atoms with van der Waals surface area (Å²) >= 11 is 0. The first-order valence-corrected chi connectivity index (χ1v) is 4.60. The van der Waals surface area contributed by atoms with E-state index < -0.39 is 17.9 Å². The number of aliphatic carboxylic acids is 3. The van der Waals surface area contributed by atoms with Gasteiger partial charge in [-0.3, -0.25) is 0 Å². The number of ether oxygens (including phenoxy) is 1. The van der Waals surface area contributed by atoms with E-state index in [0.717, 1.165) is 18.2 Å². The summed E-state index contributed by atoms with van der Waals surface area (Å²) in [6.07, 6.45) is 2.50. The van der Waals surface area contributed by atoms with Gasteiger partial charge in [0.15, 0.2) is 0 Å². The molecule has 0 amide bonds. The number of hydrogen-bond acceptors (Lipinski definition) is 4. The van der Waals surface area contributed by atoms with Crippen molar-refractivity contribution in [1.29, 1.82) is 0 Å². The van der Waals surface area contributed by atoms with Gasteiger partial charge in [0.2, 0.25) is 0 Å². The zero-order valence-corrected chi connectivity index (χ0v) is 10.9. The van der Waals surface area contributed by atoms with Gasteiger partial charge < -0.3 is 20.1 Å². The summed E-state index contributed by atoms with van der Waals surface area (Å²) in [5.41, 5.74) is 0. The van der Waals surface area contributed by atoms with Gasteiger partial charge in [-0.25, -0.2) is 14.4 Å². The van der Waals surface area contributed by atoms with Crippen molar-refractivity contribution in [2.45, 2.75) is 6.92 Å². The van der Waals surface area contributed by atoms with Gasteiger partial charge in [-0.2, -0.15) is 0 Å². The molecule has 1 radical (unpaired) electrons. The molecule has 0 fully saturated rings. The molecule has 7 heteroatoms. The maximum Gasteiger partial charge on any atom is 0.327 e. The molecule has 0 bridgehead atoms. The van der Waals surface area contributed by atoms with Gasteiger partial charge in [0.1, 0.15) is 0 Å². The summed E-state index contributed by atoms with van der Waals surface area (Å²) in [6.45, 7) is 12.3. The van der Waals surface area contributed by atoms with Crippen molar-refractivity contribution in [2.24, 2.45) is 0 Å². The molecule has 0 aromatic carbocycles. The Labute approximate surface area is 112 Å². The van der Waals surface area contributed by atoms with E-state index in [1.807, 2.05) is 6.92 Å². The molecule has 0 saturated carbocycles. The van der Waals surface area contributed by atoms with E-state index in [4.69, 9.17) is 15.3 Å². The Hall–Kier alpha value is -2.41. The lowest BCUT2D eigenvalue weighted by atomic mass is 10.7. The number of carboxylic acid groups (broad SMARTS) is 3. The Balaban J connectivity index is -0.0000000793. The topological polar surface area (TPSA) is 121 Å². The van der Waals surface area contributed by atoms with Crippen LogP contribution in [0.2, 0.25) is 0 Å². The Morgan fingerprint density at radius 1 is 0.842 bits per heavy atom. The van der Waals surface area contributed by atoms with Crippen LogP contribution in [-0.4, -0.2) is 40.3 Å². The minimum atomic E-state index is -0.981. The highest BCUT2D eigenvalue weighted by Crippen LogP contribution is 1.63. The summed E-state index contributed by atoms with van der Waals surface area (Å²) < 4.78 is 4.42. The Kier molecular flexibility index (Phi) is 33.1. The molecular formula is C12H19O7. The molecule has 0 saturated heterocycles. The Morgan fingerprint density at radius 3 is 0.947 bits per heavy atom. The molecule has 19 heavy (non-hydrogen) atoms. The van der Waals surface area contributed by atoms with Gasteiger partial charge in [0.25, 0.3) is 0 Å². The van der Waals surface area contributed by atoms with Crippen molar-refractivity contribution in [3.05, 3.63) is 44.6 Å². The van der Waals surface area contributed by atoms with Crippen LogP contribution in [0.5, 0.6) is 0 Å². The summed E-state index contributed by atoms with van der Waals surface area (Å²) in [6, 6.07) is 0. The van der Waals surface area contributed by atoms with Crippen LogP contribution in [0, 0.1) is 6.61 Å². The molecule has 0 spiro atoms. The molecule has 7 nitrogen and oxygen atoms in total. The zero-order chi connectivity index (χ0) is 16.3. The van der Waals surface area contributed by atoms with Gasteiger partial charge in [-0.05, 0) is 6.92 Å². The van der Waals surface area contributed by atoms with E-state index in [0.29, 0.717) is 0 Å². The fourth-order valence-corrected chi connectivity index (χ4v) is 0. The Bertz CT molecular complexity index is 237. The SMILES string of the molecule is C=CC(=O)O.C=CC(=O)O.C=CC(=O)O.C[CH]OC. The number of hydrogen-bond donors (Lipinski definition) is 3. The predicted octanol–water partition coefficient (Wildman–Crippen LogP) is 1.59. The third-order valence-corrected chi connectivity index (χ3v) is 0.760. The van der Waals surface area contributed by atoms with Crippen LogP contribution in [0.4, 0.5) is 0 Å². The molecule has 3 N–H and O–H groups in total. The van der Waals surface area contributed by atoms with Crippen LogP contribution in [0.25, 0.3) is 0 Å². The fraction of sp³-hybridized carbons (Fsp3) is 0.167. The zero-order valence-electron chi connectivity index (χ0n) is 10.9. The average Bonchev–Trinajstić information content (AvgIpc) is 2.40. The highest BCUT2D eigenvalue weighted by molar-refractivity contribution is 5.79. The molecule has 0 aromatic rings. The third-order valence-electron chi connectivity index (χ3n) is 0.760. The third kappa shape index (κ3) is 137. The van der Waals surface area contributed by atoms with E-state index >= 15 is 0 Å². The normalized spacial score (nSPS) is 6.63. The van der Waals surface area contributed by atoms with E-state index in [-0.39, 0.29) is 0 Å². The van der Waals surface area contributed by atoms with Crippen LogP contribution in [0.3, 0.4) is 0 Å². The van der Waals surface area contributed by atoms with Crippen LogP contribution < -0.4 is 0 Å². The first kappa shape index (κ1) is 25.4. The minimum Gasteiger partial charge on any atom is -0.478 e. The molecule has 0 unspecified atom stereocenters. The lowest BCUT2D eigenvalue weighted by Crippen LogP contribution is -1.82. The summed E-state index contributed by atoms with van der Waals surface area (Å²) in [4.78, 5) is 27.8. The van der Waals surface area contributed by atoms with Crippen molar-refractivity contribution in [2.75, 3.05) is 7.11 Å².